The van der Waals surface area contributed by atoms with E-state index >= 15 is 0 Å². The van der Waals surface area contributed by atoms with Gasteiger partial charge in [-0.25, -0.2) is 9.69 Å². The zero-order valence-electron chi connectivity index (χ0n) is 13.4. The van der Waals surface area contributed by atoms with E-state index in [0.29, 0.717) is 15.1 Å². The maximum absolute atomic E-state index is 12.9. The van der Waals surface area contributed by atoms with Gasteiger partial charge < -0.3 is 5.11 Å². The number of hydrogen-bond donors (Lipinski definition) is 2. The first kappa shape index (κ1) is 18.2. The largest absolute Gasteiger partial charge is 0.507 e. The van der Waals surface area contributed by atoms with E-state index in [1.54, 1.807) is 37.3 Å². The molecule has 8 heteroatoms. The number of carbonyl (C=O) groups is 3. The van der Waals surface area contributed by atoms with E-state index in [4.69, 9.17) is 11.6 Å². The molecule has 26 heavy (non-hydrogen) atoms. The highest BCUT2D eigenvalue weighted by atomic mass is 79.9. The van der Waals surface area contributed by atoms with Crippen LogP contribution < -0.4 is 10.2 Å². The Morgan fingerprint density at radius 2 is 1.92 bits per heavy atom. The number of nitrogens with zero attached hydrogens (tertiary/aromatic N) is 1. The van der Waals surface area contributed by atoms with Gasteiger partial charge in [-0.15, -0.1) is 0 Å². The van der Waals surface area contributed by atoms with E-state index < -0.39 is 17.8 Å². The standard InChI is InChI=1S/C18H12BrClN2O4/c1-9-13(20)3-2-4-14(9)22-17(25)12(16(24)21-18(22)26)8-10-7-11(19)5-6-15(10)23/h2-8,23H,1H3,(H,21,24,26)/b12-8+. The summed E-state index contributed by atoms with van der Waals surface area (Å²) in [6.07, 6.45) is 1.23. The number of carbonyl (C=O) groups excluding carboxylic acids is 3. The van der Waals surface area contributed by atoms with Crippen LogP contribution in [-0.2, 0) is 9.59 Å². The molecule has 0 saturated carbocycles. The normalized spacial score (nSPS) is 16.2. The minimum atomic E-state index is -0.860. The number of amides is 4. The molecule has 2 aromatic rings. The molecular weight excluding hydrogens is 424 g/mol. The number of phenolic OH excluding ortho intramolecular Hbond substituents is 1. The number of anilines is 1. The third kappa shape index (κ3) is 3.23. The number of halogens is 2. The van der Waals surface area contributed by atoms with Crippen molar-refractivity contribution >= 4 is 57.1 Å². The Kier molecular flexibility index (Phi) is 4.84. The topological polar surface area (TPSA) is 86.7 Å². The summed E-state index contributed by atoms with van der Waals surface area (Å²) in [7, 11) is 0. The fourth-order valence-corrected chi connectivity index (χ4v) is 3.06. The van der Waals surface area contributed by atoms with Crippen molar-refractivity contribution in [2.45, 2.75) is 6.92 Å². The van der Waals surface area contributed by atoms with Gasteiger partial charge in [0.05, 0.1) is 5.69 Å². The number of phenols is 1. The highest BCUT2D eigenvalue weighted by Crippen LogP contribution is 2.30. The average molecular weight is 436 g/mol. The molecule has 2 N–H and O–H groups in total. The van der Waals surface area contributed by atoms with Gasteiger partial charge in [0, 0.05) is 15.1 Å². The molecule has 0 radical (unpaired) electrons. The first-order chi connectivity index (χ1) is 12.3. The number of imide groups is 2. The van der Waals surface area contributed by atoms with E-state index in [0.717, 1.165) is 4.90 Å². The molecule has 0 bridgehead atoms. The molecule has 1 heterocycles. The second-order valence-corrected chi connectivity index (χ2v) is 6.87. The highest BCUT2D eigenvalue weighted by Gasteiger charge is 2.37. The van der Waals surface area contributed by atoms with E-state index in [-0.39, 0.29) is 22.6 Å². The second-order valence-electron chi connectivity index (χ2n) is 5.54. The van der Waals surface area contributed by atoms with Gasteiger partial charge in [-0.05, 0) is 48.9 Å². The van der Waals surface area contributed by atoms with Gasteiger partial charge in [-0.3, -0.25) is 14.9 Å². The molecule has 132 valence electrons. The molecule has 1 saturated heterocycles. The van der Waals surface area contributed by atoms with Gasteiger partial charge in [-0.1, -0.05) is 33.6 Å². The van der Waals surface area contributed by atoms with E-state index in [1.807, 2.05) is 0 Å². The average Bonchev–Trinajstić information content (AvgIpc) is 2.58. The summed E-state index contributed by atoms with van der Waals surface area (Å²) in [5.41, 5.74) is 0.779. The SMILES string of the molecule is Cc1c(Cl)cccc1N1C(=O)NC(=O)/C(=C\c2cc(Br)ccc2O)C1=O. The Morgan fingerprint density at radius 1 is 1.19 bits per heavy atom. The molecule has 0 atom stereocenters. The molecule has 1 aliphatic heterocycles. The van der Waals surface area contributed by atoms with Crippen LogP contribution >= 0.6 is 27.5 Å². The minimum absolute atomic E-state index is 0.108. The molecule has 1 aliphatic rings. The molecule has 0 aliphatic carbocycles. The Balaban J connectivity index is 2.10. The van der Waals surface area contributed by atoms with Crippen molar-refractivity contribution in [2.24, 2.45) is 0 Å². The van der Waals surface area contributed by atoms with Crippen molar-refractivity contribution in [1.29, 1.82) is 0 Å². The summed E-state index contributed by atoms with van der Waals surface area (Å²) in [6.45, 7) is 1.66. The number of barbiturate groups is 1. The van der Waals surface area contributed by atoms with Crippen LogP contribution in [0, 0.1) is 6.92 Å². The Bertz CT molecular complexity index is 987. The Labute approximate surface area is 162 Å². The van der Waals surface area contributed by atoms with Crippen LogP contribution in [0.15, 0.2) is 46.4 Å². The molecule has 2 aromatic carbocycles. The summed E-state index contributed by atoms with van der Waals surface area (Å²) in [5.74, 6) is -1.75. The van der Waals surface area contributed by atoms with E-state index in [9.17, 15) is 19.5 Å². The van der Waals surface area contributed by atoms with Crippen molar-refractivity contribution in [3.05, 3.63) is 62.6 Å². The van der Waals surface area contributed by atoms with Crippen molar-refractivity contribution in [2.75, 3.05) is 4.90 Å². The first-order valence-electron chi connectivity index (χ1n) is 7.44. The number of rotatable bonds is 2. The number of urea groups is 1. The van der Waals surface area contributed by atoms with Gasteiger partial charge in [0.1, 0.15) is 11.3 Å². The van der Waals surface area contributed by atoms with E-state index in [1.165, 1.54) is 12.1 Å². The quantitative estimate of drug-likeness (QED) is 0.555. The Hall–Kier alpha value is -2.64. The highest BCUT2D eigenvalue weighted by molar-refractivity contribution is 9.10. The molecule has 6 nitrogen and oxygen atoms in total. The van der Waals surface area contributed by atoms with Crippen molar-refractivity contribution < 1.29 is 19.5 Å². The van der Waals surface area contributed by atoms with Crippen molar-refractivity contribution in [3.63, 3.8) is 0 Å². The first-order valence-corrected chi connectivity index (χ1v) is 8.62. The van der Waals surface area contributed by atoms with Crippen LogP contribution in [0.25, 0.3) is 6.08 Å². The van der Waals surface area contributed by atoms with Gasteiger partial charge in [0.25, 0.3) is 11.8 Å². The summed E-state index contributed by atoms with van der Waals surface area (Å²) < 4.78 is 0.657. The van der Waals surface area contributed by atoms with Crippen LogP contribution in [-0.4, -0.2) is 23.0 Å². The summed E-state index contributed by atoms with van der Waals surface area (Å²) >= 11 is 9.33. The van der Waals surface area contributed by atoms with E-state index in [2.05, 4.69) is 21.2 Å². The number of nitrogens with one attached hydrogen (secondary N) is 1. The van der Waals surface area contributed by atoms with Crippen LogP contribution in [0.5, 0.6) is 5.75 Å². The number of benzene rings is 2. The van der Waals surface area contributed by atoms with Gasteiger partial charge in [-0.2, -0.15) is 0 Å². The third-order valence-corrected chi connectivity index (χ3v) is 4.77. The summed E-state index contributed by atoms with van der Waals surface area (Å²) in [5, 5.41) is 12.5. The monoisotopic (exact) mass is 434 g/mol. The molecule has 1 fully saturated rings. The van der Waals surface area contributed by atoms with Crippen LogP contribution in [0.2, 0.25) is 5.02 Å². The van der Waals surface area contributed by atoms with Crippen molar-refractivity contribution in [1.82, 2.24) is 5.32 Å². The lowest BCUT2D eigenvalue weighted by atomic mass is 10.1. The zero-order chi connectivity index (χ0) is 19.0. The molecule has 4 amide bonds. The lowest BCUT2D eigenvalue weighted by Gasteiger charge is -2.27. The fourth-order valence-electron chi connectivity index (χ4n) is 2.51. The number of aromatic hydroxyl groups is 1. The maximum Gasteiger partial charge on any atom is 0.335 e. The zero-order valence-corrected chi connectivity index (χ0v) is 15.8. The lowest BCUT2D eigenvalue weighted by molar-refractivity contribution is -0.122. The third-order valence-electron chi connectivity index (χ3n) is 3.87. The van der Waals surface area contributed by atoms with Gasteiger partial charge in [0.2, 0.25) is 0 Å². The smallest absolute Gasteiger partial charge is 0.335 e. The van der Waals surface area contributed by atoms with Crippen LogP contribution in [0.1, 0.15) is 11.1 Å². The minimum Gasteiger partial charge on any atom is -0.507 e. The summed E-state index contributed by atoms with van der Waals surface area (Å²) in [4.78, 5) is 38.1. The van der Waals surface area contributed by atoms with Gasteiger partial charge in [0.15, 0.2) is 0 Å². The van der Waals surface area contributed by atoms with Gasteiger partial charge >= 0.3 is 6.03 Å². The molecular formula is C18H12BrClN2O4. The Morgan fingerprint density at radius 3 is 2.65 bits per heavy atom. The molecule has 0 spiro atoms. The lowest BCUT2D eigenvalue weighted by Crippen LogP contribution is -2.54. The van der Waals surface area contributed by atoms with Crippen molar-refractivity contribution in [3.8, 4) is 5.75 Å². The predicted octanol–water partition coefficient (Wildman–Crippen LogP) is 3.78. The van der Waals surface area contributed by atoms with Crippen LogP contribution in [0.4, 0.5) is 10.5 Å². The fraction of sp³-hybridized carbons (Fsp3) is 0.0556. The maximum atomic E-state index is 12.9. The molecule has 3 rings (SSSR count). The predicted molar refractivity (Wildman–Crippen MR) is 101 cm³/mol. The van der Waals surface area contributed by atoms with Crippen LogP contribution in [0.3, 0.4) is 0 Å². The molecule has 0 aromatic heterocycles. The summed E-state index contributed by atoms with van der Waals surface area (Å²) in [6, 6.07) is 8.52. The molecule has 0 unspecified atom stereocenters. The number of hydrogen-bond acceptors (Lipinski definition) is 4. The second kappa shape index (κ2) is 6.93.